The van der Waals surface area contributed by atoms with E-state index in [0.717, 1.165) is 23.2 Å². The summed E-state index contributed by atoms with van der Waals surface area (Å²) in [7, 11) is 0. The molecule has 1 saturated heterocycles. The number of carbonyl (C=O) groups is 2. The standard InChI is InChI=1S/C23H27NO3/c1-16-8-10-19(11-9-16)15-21(26)22(17(2)25)20(23-24-12-13-27-23)14-18-6-4-3-5-7-18/h3-11,20,22-24H,12-15H2,1-2H3. The van der Waals surface area contributed by atoms with Crippen LogP contribution in [0.2, 0.25) is 0 Å². The molecule has 1 N–H and O–H groups in total. The van der Waals surface area contributed by atoms with Crippen LogP contribution in [0.3, 0.4) is 0 Å². The van der Waals surface area contributed by atoms with Crippen molar-refractivity contribution in [3.63, 3.8) is 0 Å². The molecule has 3 atom stereocenters. The summed E-state index contributed by atoms with van der Waals surface area (Å²) in [6.07, 6.45) is 0.617. The third kappa shape index (κ3) is 5.12. The normalized spacial score (nSPS) is 18.8. The van der Waals surface area contributed by atoms with Gasteiger partial charge in [-0.15, -0.1) is 0 Å². The first-order chi connectivity index (χ1) is 13.0. The number of hydrogen-bond donors (Lipinski definition) is 1. The molecular formula is C23H27NO3. The summed E-state index contributed by atoms with van der Waals surface area (Å²) in [4.78, 5) is 25.6. The molecule has 1 fully saturated rings. The van der Waals surface area contributed by atoms with E-state index in [1.165, 1.54) is 6.92 Å². The van der Waals surface area contributed by atoms with Crippen molar-refractivity contribution in [2.75, 3.05) is 13.2 Å². The molecule has 4 nitrogen and oxygen atoms in total. The maximum absolute atomic E-state index is 13.1. The van der Waals surface area contributed by atoms with E-state index in [2.05, 4.69) is 5.32 Å². The van der Waals surface area contributed by atoms with Crippen LogP contribution in [0, 0.1) is 18.8 Å². The van der Waals surface area contributed by atoms with Crippen LogP contribution >= 0.6 is 0 Å². The Hall–Kier alpha value is -2.30. The van der Waals surface area contributed by atoms with Gasteiger partial charge in [-0.1, -0.05) is 60.2 Å². The third-order valence-corrected chi connectivity index (χ3v) is 5.16. The van der Waals surface area contributed by atoms with E-state index in [0.29, 0.717) is 13.0 Å². The van der Waals surface area contributed by atoms with Gasteiger partial charge in [-0.05, 0) is 31.4 Å². The fraction of sp³-hybridized carbons (Fsp3) is 0.391. The lowest BCUT2D eigenvalue weighted by atomic mass is 9.79. The number of Topliss-reactive ketones (excluding diaryl/α,β-unsaturated/α-hetero) is 2. The number of hydrogen-bond acceptors (Lipinski definition) is 4. The van der Waals surface area contributed by atoms with E-state index < -0.39 is 5.92 Å². The Morgan fingerprint density at radius 1 is 1.07 bits per heavy atom. The van der Waals surface area contributed by atoms with Gasteiger partial charge in [-0.3, -0.25) is 14.9 Å². The van der Waals surface area contributed by atoms with Gasteiger partial charge in [0, 0.05) is 18.9 Å². The smallest absolute Gasteiger partial charge is 0.148 e. The minimum atomic E-state index is -0.679. The highest BCUT2D eigenvalue weighted by Crippen LogP contribution is 2.27. The Kier molecular flexibility index (Phi) is 6.54. The van der Waals surface area contributed by atoms with Crippen LogP contribution in [-0.2, 0) is 27.2 Å². The van der Waals surface area contributed by atoms with Crippen molar-refractivity contribution < 1.29 is 14.3 Å². The number of rotatable bonds is 8. The second kappa shape index (κ2) is 9.07. The largest absolute Gasteiger partial charge is 0.362 e. The van der Waals surface area contributed by atoms with E-state index >= 15 is 0 Å². The maximum Gasteiger partial charge on any atom is 0.148 e. The minimum absolute atomic E-state index is 0.0374. The molecule has 0 bridgehead atoms. The third-order valence-electron chi connectivity index (χ3n) is 5.16. The van der Waals surface area contributed by atoms with Crippen molar-refractivity contribution in [2.45, 2.75) is 32.9 Å². The van der Waals surface area contributed by atoms with Gasteiger partial charge in [0.1, 0.15) is 17.8 Å². The number of aryl methyl sites for hydroxylation is 1. The van der Waals surface area contributed by atoms with E-state index in [9.17, 15) is 9.59 Å². The lowest BCUT2D eigenvalue weighted by molar-refractivity contribution is -0.136. The van der Waals surface area contributed by atoms with Crippen LogP contribution in [0.15, 0.2) is 54.6 Å². The van der Waals surface area contributed by atoms with Gasteiger partial charge < -0.3 is 4.74 Å². The minimum Gasteiger partial charge on any atom is -0.362 e. The van der Waals surface area contributed by atoms with E-state index in [1.54, 1.807) is 0 Å². The quantitative estimate of drug-likeness (QED) is 0.731. The molecular weight excluding hydrogens is 338 g/mol. The van der Waals surface area contributed by atoms with Gasteiger partial charge in [0.2, 0.25) is 0 Å². The lowest BCUT2D eigenvalue weighted by Gasteiger charge is -2.29. The molecule has 4 heteroatoms. The van der Waals surface area contributed by atoms with Gasteiger partial charge in [-0.2, -0.15) is 0 Å². The molecule has 142 valence electrons. The zero-order valence-corrected chi connectivity index (χ0v) is 16.0. The predicted octanol–water partition coefficient (Wildman–Crippen LogP) is 3.12. The molecule has 0 saturated carbocycles. The summed E-state index contributed by atoms with van der Waals surface area (Å²) in [6, 6.07) is 17.9. The molecule has 0 spiro atoms. The molecule has 3 rings (SSSR count). The molecule has 0 radical (unpaired) electrons. The van der Waals surface area contributed by atoms with Crippen molar-refractivity contribution in [3.8, 4) is 0 Å². The Bertz CT molecular complexity index is 764. The van der Waals surface area contributed by atoms with Crippen LogP contribution in [-0.4, -0.2) is 30.9 Å². The molecule has 0 amide bonds. The van der Waals surface area contributed by atoms with Crippen LogP contribution < -0.4 is 5.32 Å². The van der Waals surface area contributed by atoms with Crippen molar-refractivity contribution in [1.82, 2.24) is 5.32 Å². The summed E-state index contributed by atoms with van der Waals surface area (Å²) >= 11 is 0. The second-order valence-corrected chi connectivity index (χ2v) is 7.32. The van der Waals surface area contributed by atoms with Gasteiger partial charge in [0.15, 0.2) is 0 Å². The number of ether oxygens (including phenoxy) is 1. The summed E-state index contributed by atoms with van der Waals surface area (Å²) in [6.45, 7) is 4.88. The fourth-order valence-electron chi connectivity index (χ4n) is 3.79. The number of ketones is 2. The zero-order valence-electron chi connectivity index (χ0n) is 16.0. The van der Waals surface area contributed by atoms with Crippen molar-refractivity contribution in [3.05, 3.63) is 71.3 Å². The van der Waals surface area contributed by atoms with Crippen molar-refractivity contribution >= 4 is 11.6 Å². The monoisotopic (exact) mass is 365 g/mol. The molecule has 27 heavy (non-hydrogen) atoms. The molecule has 0 aliphatic carbocycles. The molecule has 1 aliphatic heterocycles. The first kappa shape index (κ1) is 19.5. The molecule has 2 aromatic rings. The van der Waals surface area contributed by atoms with E-state index in [4.69, 9.17) is 4.74 Å². The first-order valence-corrected chi connectivity index (χ1v) is 9.52. The summed E-state index contributed by atoms with van der Waals surface area (Å²) in [5.74, 6) is -1.03. The van der Waals surface area contributed by atoms with Crippen molar-refractivity contribution in [2.24, 2.45) is 11.8 Å². The van der Waals surface area contributed by atoms with E-state index in [1.807, 2.05) is 61.5 Å². The number of carbonyl (C=O) groups excluding carboxylic acids is 2. The van der Waals surface area contributed by atoms with Gasteiger partial charge >= 0.3 is 0 Å². The summed E-state index contributed by atoms with van der Waals surface area (Å²) in [5, 5.41) is 3.31. The number of nitrogens with one attached hydrogen (secondary N) is 1. The summed E-state index contributed by atoms with van der Waals surface area (Å²) < 4.78 is 5.82. The Morgan fingerprint density at radius 3 is 2.37 bits per heavy atom. The topological polar surface area (TPSA) is 55.4 Å². The lowest BCUT2D eigenvalue weighted by Crippen LogP contribution is -2.43. The van der Waals surface area contributed by atoms with Crippen LogP contribution in [0.4, 0.5) is 0 Å². The molecule has 2 aromatic carbocycles. The average molecular weight is 365 g/mol. The highest BCUT2D eigenvalue weighted by molar-refractivity contribution is 6.02. The highest BCUT2D eigenvalue weighted by Gasteiger charge is 2.39. The molecule has 3 unspecified atom stereocenters. The number of benzene rings is 2. The molecule has 1 aliphatic rings. The van der Waals surface area contributed by atoms with Gasteiger partial charge in [-0.25, -0.2) is 0 Å². The molecule has 1 heterocycles. The maximum atomic E-state index is 13.1. The van der Waals surface area contributed by atoms with Gasteiger partial charge in [0.05, 0.1) is 12.5 Å². The average Bonchev–Trinajstić information content (AvgIpc) is 3.18. The van der Waals surface area contributed by atoms with Crippen LogP contribution in [0.25, 0.3) is 0 Å². The summed E-state index contributed by atoms with van der Waals surface area (Å²) in [5.41, 5.74) is 3.20. The SMILES string of the molecule is CC(=O)C(C(=O)Cc1ccc(C)cc1)C(Cc1ccccc1)C1NCCO1. The Balaban J connectivity index is 1.83. The van der Waals surface area contributed by atoms with E-state index in [-0.39, 0.29) is 30.1 Å². The Labute approximate surface area is 160 Å². The van der Waals surface area contributed by atoms with Crippen LogP contribution in [0.5, 0.6) is 0 Å². The highest BCUT2D eigenvalue weighted by atomic mass is 16.5. The van der Waals surface area contributed by atoms with Gasteiger partial charge in [0.25, 0.3) is 0 Å². The zero-order chi connectivity index (χ0) is 19.2. The first-order valence-electron chi connectivity index (χ1n) is 9.52. The van der Waals surface area contributed by atoms with Crippen molar-refractivity contribution in [1.29, 1.82) is 0 Å². The fourth-order valence-corrected chi connectivity index (χ4v) is 3.79. The predicted molar refractivity (Wildman–Crippen MR) is 105 cm³/mol. The Morgan fingerprint density at radius 2 is 1.78 bits per heavy atom. The second-order valence-electron chi connectivity index (χ2n) is 7.32. The molecule has 0 aromatic heterocycles. The van der Waals surface area contributed by atoms with Crippen LogP contribution in [0.1, 0.15) is 23.6 Å².